The molecule has 0 saturated heterocycles. The molecule has 1 aromatic carbocycles. The largest absolute Gasteiger partial charge is 0.338 e. The first-order valence-electron chi connectivity index (χ1n) is 4.23. The molecule has 7 heteroatoms. The lowest BCUT2D eigenvalue weighted by Crippen LogP contribution is -1.98. The number of rotatable bonds is 2. The molecule has 2 rings (SSSR count). The molecule has 2 aromatic rings. The fourth-order valence-corrected chi connectivity index (χ4v) is 1.56. The Morgan fingerprint density at radius 3 is 2.44 bits per heavy atom. The van der Waals surface area contributed by atoms with E-state index in [2.05, 4.69) is 36.4 Å². The molecular formula is C9H5BrCl2N4. The molecule has 1 heterocycles. The van der Waals surface area contributed by atoms with E-state index >= 15 is 0 Å². The van der Waals surface area contributed by atoms with Crippen LogP contribution in [-0.4, -0.2) is 15.2 Å². The van der Waals surface area contributed by atoms with Gasteiger partial charge < -0.3 is 5.32 Å². The smallest absolute Gasteiger partial charge is 0.245 e. The molecule has 0 radical (unpaired) electrons. The number of hydrogen-bond acceptors (Lipinski definition) is 4. The van der Waals surface area contributed by atoms with Crippen LogP contribution < -0.4 is 5.32 Å². The topological polar surface area (TPSA) is 50.7 Å². The highest BCUT2D eigenvalue weighted by molar-refractivity contribution is 9.10. The summed E-state index contributed by atoms with van der Waals surface area (Å²) < 4.78 is 0.989. The zero-order chi connectivity index (χ0) is 11.5. The van der Waals surface area contributed by atoms with Crippen LogP contribution in [0.4, 0.5) is 11.5 Å². The zero-order valence-corrected chi connectivity index (χ0v) is 10.9. The predicted molar refractivity (Wildman–Crippen MR) is 67.3 cm³/mol. The SMILES string of the molecule is Clc1nnc(Cl)c(Nc2ccc(Br)cc2)n1. The molecule has 0 aliphatic carbocycles. The first-order chi connectivity index (χ1) is 7.65. The third kappa shape index (κ3) is 2.81. The fraction of sp³-hybridized carbons (Fsp3) is 0. The molecule has 16 heavy (non-hydrogen) atoms. The second kappa shape index (κ2) is 4.95. The average Bonchev–Trinajstić information content (AvgIpc) is 2.27. The summed E-state index contributed by atoms with van der Waals surface area (Å²) in [6, 6.07) is 7.53. The van der Waals surface area contributed by atoms with Crippen molar-refractivity contribution >= 4 is 50.6 Å². The number of anilines is 2. The molecule has 0 bridgehead atoms. The Hall–Kier alpha value is -0.910. The van der Waals surface area contributed by atoms with E-state index in [-0.39, 0.29) is 10.4 Å². The fourth-order valence-electron chi connectivity index (χ4n) is 1.04. The maximum Gasteiger partial charge on any atom is 0.245 e. The van der Waals surface area contributed by atoms with Crippen LogP contribution in [0.15, 0.2) is 28.7 Å². The lowest BCUT2D eigenvalue weighted by molar-refractivity contribution is 0.975. The van der Waals surface area contributed by atoms with Crippen LogP contribution in [0, 0.1) is 0 Å². The zero-order valence-electron chi connectivity index (χ0n) is 7.78. The van der Waals surface area contributed by atoms with Crippen molar-refractivity contribution in [1.82, 2.24) is 15.2 Å². The number of nitrogens with one attached hydrogen (secondary N) is 1. The van der Waals surface area contributed by atoms with Crippen LogP contribution in [0.2, 0.25) is 10.4 Å². The minimum absolute atomic E-state index is 0.0454. The molecule has 1 N–H and O–H groups in total. The molecule has 0 atom stereocenters. The van der Waals surface area contributed by atoms with E-state index in [0.717, 1.165) is 10.2 Å². The van der Waals surface area contributed by atoms with Crippen LogP contribution in [0.25, 0.3) is 0 Å². The molecular weight excluding hydrogens is 315 g/mol. The number of benzene rings is 1. The van der Waals surface area contributed by atoms with Gasteiger partial charge in [-0.3, -0.25) is 0 Å². The highest BCUT2D eigenvalue weighted by Gasteiger charge is 2.05. The molecule has 1 aromatic heterocycles. The van der Waals surface area contributed by atoms with Crippen LogP contribution in [0.1, 0.15) is 0 Å². The molecule has 0 aliphatic rings. The lowest BCUT2D eigenvalue weighted by Gasteiger charge is -2.06. The van der Waals surface area contributed by atoms with Crippen LogP contribution >= 0.6 is 39.1 Å². The first-order valence-corrected chi connectivity index (χ1v) is 5.78. The Morgan fingerprint density at radius 1 is 1.06 bits per heavy atom. The second-order valence-electron chi connectivity index (χ2n) is 2.85. The summed E-state index contributed by atoms with van der Waals surface area (Å²) >= 11 is 14.8. The van der Waals surface area contributed by atoms with Crippen LogP contribution in [0.5, 0.6) is 0 Å². The van der Waals surface area contributed by atoms with Gasteiger partial charge in [-0.2, -0.15) is 4.98 Å². The second-order valence-corrected chi connectivity index (χ2v) is 4.46. The van der Waals surface area contributed by atoms with Crippen LogP contribution in [-0.2, 0) is 0 Å². The van der Waals surface area contributed by atoms with E-state index in [1.165, 1.54) is 0 Å². The van der Waals surface area contributed by atoms with E-state index in [0.29, 0.717) is 5.82 Å². The lowest BCUT2D eigenvalue weighted by atomic mass is 10.3. The van der Waals surface area contributed by atoms with Gasteiger partial charge in [0.25, 0.3) is 0 Å². The van der Waals surface area contributed by atoms with Gasteiger partial charge in [-0.1, -0.05) is 27.5 Å². The van der Waals surface area contributed by atoms with Crippen molar-refractivity contribution in [2.45, 2.75) is 0 Å². The third-order valence-electron chi connectivity index (χ3n) is 1.73. The van der Waals surface area contributed by atoms with Crippen molar-refractivity contribution in [2.24, 2.45) is 0 Å². The van der Waals surface area contributed by atoms with Gasteiger partial charge in [-0.15, -0.1) is 10.2 Å². The maximum atomic E-state index is 5.81. The molecule has 0 fully saturated rings. The summed E-state index contributed by atoms with van der Waals surface area (Å²) in [5, 5.41) is 10.4. The summed E-state index contributed by atoms with van der Waals surface area (Å²) in [4.78, 5) is 3.93. The molecule has 0 saturated carbocycles. The molecule has 82 valence electrons. The highest BCUT2D eigenvalue weighted by atomic mass is 79.9. The Labute approximate surface area is 110 Å². The van der Waals surface area contributed by atoms with Gasteiger partial charge in [0.1, 0.15) is 0 Å². The number of nitrogens with zero attached hydrogens (tertiary/aromatic N) is 3. The van der Waals surface area contributed by atoms with Gasteiger partial charge in [0, 0.05) is 10.2 Å². The summed E-state index contributed by atoms with van der Waals surface area (Å²) in [6.07, 6.45) is 0. The first kappa shape index (κ1) is 11.6. The van der Waals surface area contributed by atoms with Gasteiger partial charge in [0.05, 0.1) is 0 Å². The Bertz CT molecular complexity index is 503. The van der Waals surface area contributed by atoms with E-state index in [1.54, 1.807) is 0 Å². The Kier molecular flexibility index (Phi) is 3.58. The van der Waals surface area contributed by atoms with Crippen molar-refractivity contribution in [3.63, 3.8) is 0 Å². The maximum absolute atomic E-state index is 5.81. The molecule has 0 amide bonds. The standard InChI is InChI=1S/C9H5BrCl2N4/c10-5-1-3-6(4-2-5)13-8-7(11)15-16-9(12)14-8/h1-4H,(H,13,14,16). The molecule has 0 unspecified atom stereocenters. The Morgan fingerprint density at radius 2 is 1.75 bits per heavy atom. The van der Waals surface area contributed by atoms with E-state index in [4.69, 9.17) is 23.2 Å². The minimum Gasteiger partial charge on any atom is -0.338 e. The van der Waals surface area contributed by atoms with Gasteiger partial charge in [0.15, 0.2) is 11.0 Å². The third-order valence-corrected chi connectivity index (χ3v) is 2.67. The van der Waals surface area contributed by atoms with E-state index in [9.17, 15) is 0 Å². The summed E-state index contributed by atoms with van der Waals surface area (Å²) in [5.41, 5.74) is 0.835. The predicted octanol–water partition coefficient (Wildman–Crippen LogP) is 3.68. The van der Waals surface area contributed by atoms with Gasteiger partial charge in [-0.25, -0.2) is 0 Å². The molecule has 0 spiro atoms. The minimum atomic E-state index is 0.0454. The van der Waals surface area contributed by atoms with E-state index < -0.39 is 0 Å². The highest BCUT2D eigenvalue weighted by Crippen LogP contribution is 2.22. The number of aromatic nitrogens is 3. The normalized spacial score (nSPS) is 10.2. The summed E-state index contributed by atoms with van der Waals surface area (Å²) in [7, 11) is 0. The summed E-state index contributed by atoms with van der Waals surface area (Å²) in [6.45, 7) is 0. The van der Waals surface area contributed by atoms with Crippen molar-refractivity contribution in [2.75, 3.05) is 5.32 Å². The van der Waals surface area contributed by atoms with Gasteiger partial charge in [0.2, 0.25) is 5.28 Å². The average molecular weight is 320 g/mol. The number of halogens is 3. The van der Waals surface area contributed by atoms with Crippen molar-refractivity contribution in [3.05, 3.63) is 39.2 Å². The molecule has 0 aliphatic heterocycles. The monoisotopic (exact) mass is 318 g/mol. The van der Waals surface area contributed by atoms with Crippen molar-refractivity contribution in [3.8, 4) is 0 Å². The van der Waals surface area contributed by atoms with Gasteiger partial charge in [-0.05, 0) is 35.9 Å². The van der Waals surface area contributed by atoms with Crippen molar-refractivity contribution < 1.29 is 0 Å². The van der Waals surface area contributed by atoms with Gasteiger partial charge >= 0.3 is 0 Å². The van der Waals surface area contributed by atoms with E-state index in [1.807, 2.05) is 24.3 Å². The number of hydrogen-bond donors (Lipinski definition) is 1. The van der Waals surface area contributed by atoms with Crippen LogP contribution in [0.3, 0.4) is 0 Å². The molecule has 4 nitrogen and oxygen atoms in total. The quantitative estimate of drug-likeness (QED) is 0.917. The Balaban J connectivity index is 2.26. The van der Waals surface area contributed by atoms with Crippen molar-refractivity contribution in [1.29, 1.82) is 0 Å². The summed E-state index contributed by atoms with van der Waals surface area (Å²) in [5.74, 6) is 0.379.